The first kappa shape index (κ1) is 22.4. The highest BCUT2D eigenvalue weighted by Gasteiger charge is 2.27. The molecule has 0 unspecified atom stereocenters. The van der Waals surface area contributed by atoms with Crippen molar-refractivity contribution in [3.63, 3.8) is 0 Å². The Kier molecular flexibility index (Phi) is 8.00. The minimum Gasteiger partial charge on any atom is -0.451 e. The van der Waals surface area contributed by atoms with E-state index in [1.807, 2.05) is 6.92 Å². The summed E-state index contributed by atoms with van der Waals surface area (Å²) in [6.07, 6.45) is 5.39. The second-order valence-corrected chi connectivity index (χ2v) is 9.15. The number of benzene rings is 1. The van der Waals surface area contributed by atoms with Crippen LogP contribution in [-0.2, 0) is 24.3 Å². The molecule has 0 heterocycles. The molecule has 0 saturated heterocycles. The second-order valence-electron chi connectivity index (χ2n) is 7.43. The summed E-state index contributed by atoms with van der Waals surface area (Å²) in [6.45, 7) is 4.74. The number of ether oxygens (including phenoxy) is 1. The minimum atomic E-state index is -3.86. The number of esters is 1. The van der Waals surface area contributed by atoms with Crippen LogP contribution in [0.4, 0.5) is 0 Å². The SMILES string of the molecule is Cc1ccc(S(=O)(=O)N[C@@H](C)C(=O)O[C@@H](C)C(=O)NC2CCCCCC2)cc1. The normalized spacial score (nSPS) is 18.0. The number of hydrogen-bond acceptors (Lipinski definition) is 5. The molecule has 0 spiro atoms. The predicted molar refractivity (Wildman–Crippen MR) is 106 cm³/mol. The van der Waals surface area contributed by atoms with Crippen molar-refractivity contribution in [1.82, 2.24) is 10.0 Å². The molecule has 2 rings (SSSR count). The van der Waals surface area contributed by atoms with Crippen LogP contribution in [0.5, 0.6) is 0 Å². The molecule has 0 radical (unpaired) electrons. The van der Waals surface area contributed by atoms with Crippen molar-refractivity contribution >= 4 is 21.9 Å². The summed E-state index contributed by atoms with van der Waals surface area (Å²) in [5.41, 5.74) is 0.930. The summed E-state index contributed by atoms with van der Waals surface area (Å²) >= 11 is 0. The smallest absolute Gasteiger partial charge is 0.324 e. The topological polar surface area (TPSA) is 102 Å². The lowest BCUT2D eigenvalue weighted by Gasteiger charge is -2.21. The lowest BCUT2D eigenvalue weighted by Crippen LogP contribution is -2.45. The van der Waals surface area contributed by atoms with Crippen LogP contribution in [0.3, 0.4) is 0 Å². The Morgan fingerprint density at radius 1 is 1.04 bits per heavy atom. The van der Waals surface area contributed by atoms with Crippen molar-refractivity contribution in [1.29, 1.82) is 0 Å². The summed E-state index contributed by atoms with van der Waals surface area (Å²) in [6, 6.07) is 5.29. The third kappa shape index (κ3) is 6.60. The van der Waals surface area contributed by atoms with Gasteiger partial charge in [-0.1, -0.05) is 43.4 Å². The van der Waals surface area contributed by atoms with Crippen LogP contribution in [-0.4, -0.2) is 38.5 Å². The number of aryl methyl sites for hydroxylation is 1. The van der Waals surface area contributed by atoms with E-state index in [0.717, 1.165) is 31.2 Å². The maximum atomic E-state index is 12.4. The van der Waals surface area contributed by atoms with Gasteiger partial charge in [-0.3, -0.25) is 9.59 Å². The molecular formula is C20H30N2O5S. The number of carbonyl (C=O) groups excluding carboxylic acids is 2. The van der Waals surface area contributed by atoms with E-state index >= 15 is 0 Å². The average molecular weight is 411 g/mol. The molecule has 28 heavy (non-hydrogen) atoms. The van der Waals surface area contributed by atoms with Gasteiger partial charge in [0.15, 0.2) is 6.10 Å². The largest absolute Gasteiger partial charge is 0.451 e. The summed E-state index contributed by atoms with van der Waals surface area (Å²) in [5, 5.41) is 2.93. The van der Waals surface area contributed by atoms with Crippen LogP contribution >= 0.6 is 0 Å². The van der Waals surface area contributed by atoms with Crippen molar-refractivity contribution in [3.05, 3.63) is 29.8 Å². The Bertz CT molecular complexity index is 768. The summed E-state index contributed by atoms with van der Waals surface area (Å²) in [7, 11) is -3.86. The van der Waals surface area contributed by atoms with Gasteiger partial charge in [-0.25, -0.2) is 8.42 Å². The fourth-order valence-corrected chi connectivity index (χ4v) is 4.33. The van der Waals surface area contributed by atoms with Crippen LogP contribution in [0.15, 0.2) is 29.2 Å². The molecule has 2 atom stereocenters. The molecule has 7 nitrogen and oxygen atoms in total. The Morgan fingerprint density at radius 3 is 2.18 bits per heavy atom. The van der Waals surface area contributed by atoms with Crippen LogP contribution in [0, 0.1) is 6.92 Å². The van der Waals surface area contributed by atoms with E-state index in [2.05, 4.69) is 10.0 Å². The van der Waals surface area contributed by atoms with Crippen LogP contribution in [0.2, 0.25) is 0 Å². The van der Waals surface area contributed by atoms with E-state index in [4.69, 9.17) is 4.74 Å². The first-order valence-electron chi connectivity index (χ1n) is 9.79. The molecule has 1 fully saturated rings. The average Bonchev–Trinajstić information content (AvgIpc) is 2.90. The molecule has 8 heteroatoms. The van der Waals surface area contributed by atoms with E-state index in [-0.39, 0.29) is 16.8 Å². The Labute approximate surface area is 167 Å². The molecule has 1 saturated carbocycles. The summed E-state index contributed by atoms with van der Waals surface area (Å²) < 4.78 is 32.2. The summed E-state index contributed by atoms with van der Waals surface area (Å²) in [5.74, 6) is -1.15. The van der Waals surface area contributed by atoms with Gasteiger partial charge in [-0.2, -0.15) is 4.72 Å². The number of nitrogens with one attached hydrogen (secondary N) is 2. The van der Waals surface area contributed by atoms with E-state index in [9.17, 15) is 18.0 Å². The van der Waals surface area contributed by atoms with Gasteiger partial charge >= 0.3 is 5.97 Å². The lowest BCUT2D eigenvalue weighted by atomic mass is 10.1. The van der Waals surface area contributed by atoms with Crippen LogP contribution in [0.25, 0.3) is 0 Å². The lowest BCUT2D eigenvalue weighted by molar-refractivity contribution is -0.156. The molecule has 1 amide bonds. The Balaban J connectivity index is 1.88. The van der Waals surface area contributed by atoms with Gasteiger partial charge in [0.25, 0.3) is 5.91 Å². The highest BCUT2D eigenvalue weighted by atomic mass is 32.2. The minimum absolute atomic E-state index is 0.0666. The summed E-state index contributed by atoms with van der Waals surface area (Å²) in [4.78, 5) is 24.6. The number of amides is 1. The van der Waals surface area contributed by atoms with Crippen molar-refractivity contribution in [2.75, 3.05) is 0 Å². The van der Waals surface area contributed by atoms with Crippen molar-refractivity contribution in [3.8, 4) is 0 Å². The predicted octanol–water partition coefficient (Wildman–Crippen LogP) is 2.43. The fourth-order valence-electron chi connectivity index (χ4n) is 3.14. The first-order chi connectivity index (χ1) is 13.2. The maximum absolute atomic E-state index is 12.4. The van der Waals surface area contributed by atoms with Gasteiger partial charge < -0.3 is 10.1 Å². The first-order valence-corrected chi connectivity index (χ1v) is 11.3. The second kappa shape index (κ2) is 10.0. The van der Waals surface area contributed by atoms with Crippen LogP contribution < -0.4 is 10.0 Å². The highest BCUT2D eigenvalue weighted by molar-refractivity contribution is 7.89. The van der Waals surface area contributed by atoms with Crippen LogP contribution in [0.1, 0.15) is 57.9 Å². The Morgan fingerprint density at radius 2 is 1.61 bits per heavy atom. The van der Waals surface area contributed by atoms with Gasteiger partial charge in [0.2, 0.25) is 10.0 Å². The zero-order valence-corrected chi connectivity index (χ0v) is 17.6. The fraction of sp³-hybridized carbons (Fsp3) is 0.600. The highest BCUT2D eigenvalue weighted by Crippen LogP contribution is 2.17. The van der Waals surface area contributed by atoms with Gasteiger partial charge in [0.05, 0.1) is 4.90 Å². The van der Waals surface area contributed by atoms with E-state index in [0.29, 0.717) is 0 Å². The number of hydrogen-bond donors (Lipinski definition) is 2. The molecule has 1 aliphatic rings. The third-order valence-corrected chi connectivity index (χ3v) is 6.44. The van der Waals surface area contributed by atoms with Crippen molar-refractivity contribution in [2.45, 2.75) is 82.4 Å². The number of carbonyl (C=O) groups is 2. The molecular weight excluding hydrogens is 380 g/mol. The monoisotopic (exact) mass is 410 g/mol. The third-order valence-electron chi connectivity index (χ3n) is 4.88. The molecule has 0 aromatic heterocycles. The molecule has 156 valence electrons. The molecule has 1 aromatic rings. The molecule has 0 aliphatic heterocycles. The van der Waals surface area contributed by atoms with Crippen molar-refractivity contribution in [2.24, 2.45) is 0 Å². The van der Waals surface area contributed by atoms with Gasteiger partial charge in [0.1, 0.15) is 6.04 Å². The molecule has 1 aromatic carbocycles. The zero-order chi connectivity index (χ0) is 20.7. The van der Waals surface area contributed by atoms with Gasteiger partial charge in [-0.05, 0) is 45.7 Å². The van der Waals surface area contributed by atoms with E-state index in [1.165, 1.54) is 38.8 Å². The number of rotatable bonds is 7. The zero-order valence-electron chi connectivity index (χ0n) is 16.7. The quantitative estimate of drug-likeness (QED) is 0.531. The molecule has 0 bridgehead atoms. The van der Waals surface area contributed by atoms with Gasteiger partial charge in [0, 0.05) is 6.04 Å². The molecule has 2 N–H and O–H groups in total. The Hall–Kier alpha value is -1.93. The maximum Gasteiger partial charge on any atom is 0.324 e. The van der Waals surface area contributed by atoms with Gasteiger partial charge in [-0.15, -0.1) is 0 Å². The van der Waals surface area contributed by atoms with E-state index in [1.54, 1.807) is 12.1 Å². The number of sulfonamides is 1. The standard InChI is InChI=1S/C20H30N2O5S/c1-14-10-12-18(13-11-14)28(25,26)22-15(2)20(24)27-16(3)19(23)21-17-8-6-4-5-7-9-17/h10-13,15-17,22H,4-9H2,1-3H3,(H,21,23)/t15-,16-/m0/s1. The molecule has 1 aliphatic carbocycles. The van der Waals surface area contributed by atoms with Crippen molar-refractivity contribution < 1.29 is 22.7 Å². The van der Waals surface area contributed by atoms with E-state index < -0.39 is 28.1 Å².